The van der Waals surface area contributed by atoms with Gasteiger partial charge in [0.25, 0.3) is 0 Å². The van der Waals surface area contributed by atoms with Gasteiger partial charge in [-0.2, -0.15) is 0 Å². The second-order valence-corrected chi connectivity index (χ2v) is 13.3. The monoisotopic (exact) mass is 661 g/mol. The standard InChI is InChI=1S/C31H37BrClN3O4S/c1-4-18-34-31(38)29(20-24-9-6-5-7-10-24)35(22-25-13-15-26(32)16-14-25)30(37)11-8-19-36(41(3,39)40)28-21-27(33)17-12-23(28)2/h5-7,9-10,12-17,21,29H,4,8,11,18-20,22H2,1-3H3,(H,34,38)/t29-/m1/s1. The van der Waals surface area contributed by atoms with E-state index in [-0.39, 0.29) is 37.7 Å². The van der Waals surface area contributed by atoms with Crippen LogP contribution in [0.5, 0.6) is 0 Å². The first kappa shape index (κ1) is 32.6. The lowest BCUT2D eigenvalue weighted by atomic mass is 10.0. The van der Waals surface area contributed by atoms with Crippen LogP contribution in [0.3, 0.4) is 0 Å². The van der Waals surface area contributed by atoms with Crippen molar-refractivity contribution in [2.45, 2.75) is 52.1 Å². The van der Waals surface area contributed by atoms with Crippen LogP contribution in [0, 0.1) is 6.92 Å². The molecule has 0 aliphatic heterocycles. The van der Waals surface area contributed by atoms with Gasteiger partial charge in [0, 0.05) is 42.0 Å². The second-order valence-electron chi connectivity index (χ2n) is 10.0. The molecule has 2 amide bonds. The average Bonchev–Trinajstić information content (AvgIpc) is 2.94. The highest BCUT2D eigenvalue weighted by Gasteiger charge is 2.30. The Morgan fingerprint density at radius 1 is 1.00 bits per heavy atom. The zero-order valence-electron chi connectivity index (χ0n) is 23.6. The number of halogens is 2. The third-order valence-corrected chi connectivity index (χ3v) is 8.62. The van der Waals surface area contributed by atoms with Crippen LogP contribution in [0.15, 0.2) is 77.3 Å². The molecule has 3 aromatic carbocycles. The van der Waals surface area contributed by atoms with Gasteiger partial charge in [0.05, 0.1) is 11.9 Å². The first-order chi connectivity index (χ1) is 19.5. The number of carbonyl (C=O) groups is 2. The highest BCUT2D eigenvalue weighted by molar-refractivity contribution is 9.10. The topological polar surface area (TPSA) is 86.8 Å². The average molecular weight is 663 g/mol. The summed E-state index contributed by atoms with van der Waals surface area (Å²) >= 11 is 9.62. The van der Waals surface area contributed by atoms with Crippen LogP contribution < -0.4 is 9.62 Å². The molecule has 0 aliphatic carbocycles. The summed E-state index contributed by atoms with van der Waals surface area (Å²) < 4.78 is 27.6. The van der Waals surface area contributed by atoms with Crippen molar-refractivity contribution in [3.63, 3.8) is 0 Å². The summed E-state index contributed by atoms with van der Waals surface area (Å²) in [5.41, 5.74) is 3.08. The van der Waals surface area contributed by atoms with Crippen molar-refractivity contribution in [3.8, 4) is 0 Å². The molecule has 0 unspecified atom stereocenters. The number of hydrogen-bond acceptors (Lipinski definition) is 4. The van der Waals surface area contributed by atoms with Crippen molar-refractivity contribution >= 4 is 55.1 Å². The SMILES string of the molecule is CCCNC(=O)[C@@H](Cc1ccccc1)N(Cc1ccc(Br)cc1)C(=O)CCCN(c1cc(Cl)ccc1C)S(C)(=O)=O. The minimum absolute atomic E-state index is 0.0640. The molecule has 0 saturated carbocycles. The van der Waals surface area contributed by atoms with Crippen molar-refractivity contribution in [2.24, 2.45) is 0 Å². The molecule has 0 spiro atoms. The van der Waals surface area contributed by atoms with E-state index in [1.54, 1.807) is 23.1 Å². The molecule has 0 heterocycles. The maximum atomic E-state index is 13.9. The first-order valence-electron chi connectivity index (χ1n) is 13.6. The Bertz CT molecular complexity index is 1420. The van der Waals surface area contributed by atoms with E-state index in [9.17, 15) is 18.0 Å². The normalized spacial score (nSPS) is 12.0. The smallest absolute Gasteiger partial charge is 0.243 e. The fourth-order valence-corrected chi connectivity index (χ4v) is 5.99. The number of aryl methyl sites for hydroxylation is 1. The van der Waals surface area contributed by atoms with Gasteiger partial charge < -0.3 is 10.2 Å². The van der Waals surface area contributed by atoms with Gasteiger partial charge in [-0.15, -0.1) is 0 Å². The molecule has 3 rings (SSSR count). The summed E-state index contributed by atoms with van der Waals surface area (Å²) in [5, 5.41) is 3.40. The zero-order chi connectivity index (χ0) is 30.0. The van der Waals surface area contributed by atoms with Crippen LogP contribution in [0.2, 0.25) is 5.02 Å². The number of nitrogens with zero attached hydrogens (tertiary/aromatic N) is 2. The maximum absolute atomic E-state index is 13.9. The van der Waals surface area contributed by atoms with Gasteiger partial charge in [0.2, 0.25) is 21.8 Å². The van der Waals surface area contributed by atoms with Crippen LogP contribution in [-0.2, 0) is 32.6 Å². The highest BCUT2D eigenvalue weighted by atomic mass is 79.9. The quantitative estimate of drug-likeness (QED) is 0.225. The predicted octanol–water partition coefficient (Wildman–Crippen LogP) is 6.12. The lowest BCUT2D eigenvalue weighted by Crippen LogP contribution is -2.50. The molecular formula is C31H37BrClN3O4S. The van der Waals surface area contributed by atoms with Gasteiger partial charge in [0.1, 0.15) is 6.04 Å². The zero-order valence-corrected chi connectivity index (χ0v) is 26.8. The Morgan fingerprint density at radius 3 is 2.32 bits per heavy atom. The molecule has 41 heavy (non-hydrogen) atoms. The van der Waals surface area contributed by atoms with E-state index in [0.717, 1.165) is 33.8 Å². The summed E-state index contributed by atoms with van der Waals surface area (Å²) in [4.78, 5) is 28.9. The van der Waals surface area contributed by atoms with Gasteiger partial charge in [-0.3, -0.25) is 13.9 Å². The van der Waals surface area contributed by atoms with Crippen molar-refractivity contribution in [2.75, 3.05) is 23.7 Å². The third-order valence-electron chi connectivity index (χ3n) is 6.68. The number of carbonyl (C=O) groups excluding carboxylic acids is 2. The molecule has 0 aromatic heterocycles. The van der Waals surface area contributed by atoms with Gasteiger partial charge in [-0.25, -0.2) is 8.42 Å². The van der Waals surface area contributed by atoms with Crippen molar-refractivity contribution in [1.29, 1.82) is 0 Å². The Balaban J connectivity index is 1.88. The summed E-state index contributed by atoms with van der Waals surface area (Å²) in [6.45, 7) is 4.65. The number of anilines is 1. The summed E-state index contributed by atoms with van der Waals surface area (Å²) in [6.07, 6.45) is 2.60. The molecule has 10 heteroatoms. The summed E-state index contributed by atoms with van der Waals surface area (Å²) in [6, 6.07) is 21.6. The minimum Gasteiger partial charge on any atom is -0.354 e. The van der Waals surface area contributed by atoms with Crippen LogP contribution in [-0.4, -0.2) is 50.5 Å². The Morgan fingerprint density at radius 2 is 1.68 bits per heavy atom. The Labute approximate surface area is 257 Å². The lowest BCUT2D eigenvalue weighted by Gasteiger charge is -2.32. The number of nitrogens with one attached hydrogen (secondary N) is 1. The Kier molecular flexibility index (Phi) is 12.2. The molecule has 220 valence electrons. The van der Waals surface area contributed by atoms with E-state index in [2.05, 4.69) is 21.2 Å². The fraction of sp³-hybridized carbons (Fsp3) is 0.355. The molecule has 0 aliphatic rings. The number of hydrogen-bond donors (Lipinski definition) is 1. The van der Waals surface area contributed by atoms with E-state index in [0.29, 0.717) is 23.7 Å². The van der Waals surface area contributed by atoms with Crippen molar-refractivity contribution < 1.29 is 18.0 Å². The number of benzene rings is 3. The van der Waals surface area contributed by atoms with E-state index >= 15 is 0 Å². The minimum atomic E-state index is -3.63. The van der Waals surface area contributed by atoms with Crippen LogP contribution in [0.1, 0.15) is 42.9 Å². The van der Waals surface area contributed by atoms with Crippen LogP contribution in [0.25, 0.3) is 0 Å². The van der Waals surface area contributed by atoms with E-state index in [1.165, 1.54) is 4.31 Å². The highest BCUT2D eigenvalue weighted by Crippen LogP contribution is 2.27. The molecule has 1 atom stereocenters. The molecule has 0 radical (unpaired) electrons. The molecule has 3 aromatic rings. The summed E-state index contributed by atoms with van der Waals surface area (Å²) in [7, 11) is -3.63. The number of amides is 2. The molecular weight excluding hydrogens is 626 g/mol. The van der Waals surface area contributed by atoms with E-state index < -0.39 is 16.1 Å². The van der Waals surface area contributed by atoms with Gasteiger partial charge >= 0.3 is 0 Å². The largest absolute Gasteiger partial charge is 0.354 e. The number of rotatable bonds is 14. The maximum Gasteiger partial charge on any atom is 0.243 e. The van der Waals surface area contributed by atoms with Crippen molar-refractivity contribution in [3.05, 3.63) is 99.0 Å². The number of sulfonamides is 1. The molecule has 7 nitrogen and oxygen atoms in total. The third kappa shape index (κ3) is 9.87. The lowest BCUT2D eigenvalue weighted by molar-refractivity contribution is -0.141. The van der Waals surface area contributed by atoms with Gasteiger partial charge in [-0.1, -0.05) is 83.0 Å². The van der Waals surface area contributed by atoms with Crippen LogP contribution in [0.4, 0.5) is 5.69 Å². The fourth-order valence-electron chi connectivity index (χ4n) is 4.54. The molecule has 0 bridgehead atoms. The second kappa shape index (κ2) is 15.4. The van der Waals surface area contributed by atoms with Crippen LogP contribution >= 0.6 is 27.5 Å². The first-order valence-corrected chi connectivity index (χ1v) is 16.6. The van der Waals surface area contributed by atoms with Gasteiger partial charge in [-0.05, 0) is 60.7 Å². The van der Waals surface area contributed by atoms with Crippen molar-refractivity contribution in [1.82, 2.24) is 10.2 Å². The van der Waals surface area contributed by atoms with Gasteiger partial charge in [0.15, 0.2) is 0 Å². The Hall–Kier alpha value is -2.88. The van der Waals surface area contributed by atoms with E-state index in [1.807, 2.05) is 68.4 Å². The predicted molar refractivity (Wildman–Crippen MR) is 170 cm³/mol. The molecule has 1 N–H and O–H groups in total. The molecule has 0 fully saturated rings. The summed E-state index contributed by atoms with van der Waals surface area (Å²) in [5.74, 6) is -0.440. The molecule has 0 saturated heterocycles. The van der Waals surface area contributed by atoms with E-state index in [4.69, 9.17) is 11.6 Å².